The molecular formula is C9H16N2O3. The molecular weight excluding hydrogens is 184 g/mol. The molecule has 2 atom stereocenters. The van der Waals surface area contributed by atoms with E-state index in [0.29, 0.717) is 6.54 Å². The van der Waals surface area contributed by atoms with Crippen LogP contribution in [0, 0.1) is 5.92 Å². The molecule has 2 unspecified atom stereocenters. The van der Waals surface area contributed by atoms with Crippen molar-refractivity contribution in [2.24, 2.45) is 5.92 Å². The van der Waals surface area contributed by atoms with Crippen LogP contribution in [0.5, 0.6) is 0 Å². The van der Waals surface area contributed by atoms with E-state index in [2.05, 4.69) is 5.32 Å². The Morgan fingerprint density at radius 3 is 2.71 bits per heavy atom. The fourth-order valence-electron chi connectivity index (χ4n) is 1.86. The number of nitrogens with zero attached hydrogens (tertiary/aromatic N) is 1. The van der Waals surface area contributed by atoms with E-state index in [1.54, 1.807) is 7.05 Å². The lowest BCUT2D eigenvalue weighted by molar-refractivity contribution is -0.149. The maximum Gasteiger partial charge on any atom is 0.326 e. The van der Waals surface area contributed by atoms with Gasteiger partial charge in [-0.1, -0.05) is 6.92 Å². The maximum absolute atomic E-state index is 11.5. The number of carbonyl (C=O) groups excluding carboxylic acids is 1. The molecule has 5 heteroatoms. The second-order valence-corrected chi connectivity index (χ2v) is 3.67. The first-order valence-corrected chi connectivity index (χ1v) is 4.74. The highest BCUT2D eigenvalue weighted by Gasteiger charge is 2.38. The number of aliphatic carboxylic acids is 1. The molecule has 0 spiro atoms. The van der Waals surface area contributed by atoms with Crippen LogP contribution in [0.1, 0.15) is 13.3 Å². The van der Waals surface area contributed by atoms with Crippen molar-refractivity contribution in [1.29, 1.82) is 0 Å². The molecule has 1 heterocycles. The predicted octanol–water partition coefficient (Wildman–Crippen LogP) is -0.473. The topological polar surface area (TPSA) is 69.6 Å². The van der Waals surface area contributed by atoms with E-state index in [1.807, 2.05) is 6.92 Å². The van der Waals surface area contributed by atoms with Crippen LogP contribution in [0.3, 0.4) is 0 Å². The number of nitrogens with one attached hydrogen (secondary N) is 1. The lowest BCUT2D eigenvalue weighted by Crippen LogP contribution is -2.45. The summed E-state index contributed by atoms with van der Waals surface area (Å²) >= 11 is 0. The number of hydrogen-bond acceptors (Lipinski definition) is 3. The summed E-state index contributed by atoms with van der Waals surface area (Å²) in [5.74, 6) is -0.989. The van der Waals surface area contributed by atoms with Gasteiger partial charge >= 0.3 is 5.97 Å². The first kappa shape index (κ1) is 11.0. The molecule has 14 heavy (non-hydrogen) atoms. The van der Waals surface area contributed by atoms with Gasteiger partial charge in [-0.25, -0.2) is 4.79 Å². The lowest BCUT2D eigenvalue weighted by atomic mass is 10.0. The van der Waals surface area contributed by atoms with Crippen molar-refractivity contribution in [2.75, 3.05) is 20.1 Å². The molecule has 0 aromatic heterocycles. The van der Waals surface area contributed by atoms with Gasteiger partial charge in [-0.15, -0.1) is 0 Å². The molecule has 1 saturated heterocycles. The average molecular weight is 200 g/mol. The molecule has 0 radical (unpaired) electrons. The van der Waals surface area contributed by atoms with Gasteiger partial charge in [0.2, 0.25) is 5.91 Å². The third-order valence-electron chi connectivity index (χ3n) is 2.60. The van der Waals surface area contributed by atoms with E-state index >= 15 is 0 Å². The van der Waals surface area contributed by atoms with E-state index < -0.39 is 12.0 Å². The van der Waals surface area contributed by atoms with Crippen LogP contribution in [0.2, 0.25) is 0 Å². The third-order valence-corrected chi connectivity index (χ3v) is 2.60. The van der Waals surface area contributed by atoms with E-state index in [-0.39, 0.29) is 18.4 Å². The zero-order valence-electron chi connectivity index (χ0n) is 8.49. The SMILES string of the molecule is CNCC(=O)N1CCC(C)C1C(=O)O. The lowest BCUT2D eigenvalue weighted by Gasteiger charge is -2.23. The van der Waals surface area contributed by atoms with Gasteiger partial charge in [0.05, 0.1) is 6.54 Å². The van der Waals surface area contributed by atoms with Gasteiger partial charge in [-0.05, 0) is 19.4 Å². The number of amides is 1. The summed E-state index contributed by atoms with van der Waals surface area (Å²) < 4.78 is 0. The Morgan fingerprint density at radius 1 is 1.57 bits per heavy atom. The fraction of sp³-hybridized carbons (Fsp3) is 0.778. The van der Waals surface area contributed by atoms with Gasteiger partial charge in [0.15, 0.2) is 0 Å². The fourth-order valence-corrected chi connectivity index (χ4v) is 1.86. The molecule has 80 valence electrons. The van der Waals surface area contributed by atoms with Crippen LogP contribution in [0.15, 0.2) is 0 Å². The van der Waals surface area contributed by atoms with E-state index in [4.69, 9.17) is 5.11 Å². The molecule has 1 rings (SSSR count). The van der Waals surface area contributed by atoms with Gasteiger partial charge < -0.3 is 15.3 Å². The highest BCUT2D eigenvalue weighted by atomic mass is 16.4. The summed E-state index contributed by atoms with van der Waals surface area (Å²) in [6.45, 7) is 2.63. The van der Waals surface area contributed by atoms with Crippen LogP contribution in [0.4, 0.5) is 0 Å². The molecule has 1 amide bonds. The van der Waals surface area contributed by atoms with Crippen LogP contribution in [-0.2, 0) is 9.59 Å². The van der Waals surface area contributed by atoms with Gasteiger partial charge in [0.1, 0.15) is 6.04 Å². The molecule has 5 nitrogen and oxygen atoms in total. The van der Waals surface area contributed by atoms with Crippen molar-refractivity contribution in [2.45, 2.75) is 19.4 Å². The Morgan fingerprint density at radius 2 is 2.21 bits per heavy atom. The van der Waals surface area contributed by atoms with Gasteiger partial charge in [0.25, 0.3) is 0 Å². The minimum Gasteiger partial charge on any atom is -0.480 e. The van der Waals surface area contributed by atoms with Crippen molar-refractivity contribution >= 4 is 11.9 Å². The number of hydrogen-bond donors (Lipinski definition) is 2. The summed E-state index contributed by atoms with van der Waals surface area (Å²) in [5, 5.41) is 11.7. The number of carbonyl (C=O) groups is 2. The first-order chi connectivity index (χ1) is 6.57. The molecule has 0 aromatic carbocycles. The molecule has 2 N–H and O–H groups in total. The Kier molecular flexibility index (Phi) is 3.46. The van der Waals surface area contributed by atoms with Crippen LogP contribution < -0.4 is 5.32 Å². The van der Waals surface area contributed by atoms with Gasteiger partial charge in [0, 0.05) is 6.54 Å². The third kappa shape index (κ3) is 2.04. The quantitative estimate of drug-likeness (QED) is 0.646. The average Bonchev–Trinajstić information content (AvgIpc) is 2.47. The van der Waals surface area contributed by atoms with Crippen molar-refractivity contribution in [3.63, 3.8) is 0 Å². The number of likely N-dealkylation sites (tertiary alicyclic amines) is 1. The number of rotatable bonds is 3. The highest BCUT2D eigenvalue weighted by molar-refractivity contribution is 5.85. The van der Waals surface area contributed by atoms with E-state index in [1.165, 1.54) is 4.90 Å². The predicted molar refractivity (Wildman–Crippen MR) is 50.8 cm³/mol. The molecule has 0 saturated carbocycles. The minimum absolute atomic E-state index is 0.0494. The van der Waals surface area contributed by atoms with Crippen molar-refractivity contribution in [1.82, 2.24) is 10.2 Å². The summed E-state index contributed by atoms with van der Waals surface area (Å²) in [6, 6.07) is -0.643. The van der Waals surface area contributed by atoms with Crippen LogP contribution >= 0.6 is 0 Å². The molecule has 1 aliphatic rings. The molecule has 0 aromatic rings. The zero-order chi connectivity index (χ0) is 10.7. The Bertz CT molecular complexity index is 242. The molecule has 1 fully saturated rings. The smallest absolute Gasteiger partial charge is 0.326 e. The number of carboxylic acids is 1. The summed E-state index contributed by atoms with van der Waals surface area (Å²) in [6.07, 6.45) is 0.770. The summed E-state index contributed by atoms with van der Waals surface area (Å²) in [5.41, 5.74) is 0. The monoisotopic (exact) mass is 200 g/mol. The second kappa shape index (κ2) is 4.41. The van der Waals surface area contributed by atoms with Crippen molar-refractivity contribution < 1.29 is 14.7 Å². The van der Waals surface area contributed by atoms with Gasteiger partial charge in [-0.3, -0.25) is 4.79 Å². The van der Waals surface area contributed by atoms with Crippen LogP contribution in [-0.4, -0.2) is 48.1 Å². The second-order valence-electron chi connectivity index (χ2n) is 3.67. The summed E-state index contributed by atoms with van der Waals surface area (Å²) in [4.78, 5) is 23.9. The maximum atomic E-state index is 11.5. The molecule has 0 bridgehead atoms. The number of likely N-dealkylation sites (N-methyl/N-ethyl adjacent to an activating group) is 1. The number of carboxylic acid groups (broad SMARTS) is 1. The summed E-state index contributed by atoms with van der Waals surface area (Å²) in [7, 11) is 1.67. The zero-order valence-corrected chi connectivity index (χ0v) is 8.49. The van der Waals surface area contributed by atoms with Crippen molar-refractivity contribution in [3.05, 3.63) is 0 Å². The molecule has 1 aliphatic heterocycles. The van der Waals surface area contributed by atoms with E-state index in [9.17, 15) is 9.59 Å². The normalized spacial score (nSPS) is 26.6. The van der Waals surface area contributed by atoms with Gasteiger partial charge in [-0.2, -0.15) is 0 Å². The first-order valence-electron chi connectivity index (χ1n) is 4.74. The van der Waals surface area contributed by atoms with Crippen LogP contribution in [0.25, 0.3) is 0 Å². The molecule has 0 aliphatic carbocycles. The Hall–Kier alpha value is -1.10. The Labute approximate surface area is 83.1 Å². The van der Waals surface area contributed by atoms with Crippen molar-refractivity contribution in [3.8, 4) is 0 Å². The Balaban J connectivity index is 2.69. The standard InChI is InChI=1S/C9H16N2O3/c1-6-3-4-11(7(12)5-10-2)8(6)9(13)14/h6,8,10H,3-5H2,1-2H3,(H,13,14). The highest BCUT2D eigenvalue weighted by Crippen LogP contribution is 2.23. The minimum atomic E-state index is -0.903. The largest absolute Gasteiger partial charge is 0.480 e. The van der Waals surface area contributed by atoms with E-state index in [0.717, 1.165) is 6.42 Å².